The number of ether oxygens (including phenoxy) is 1. The highest BCUT2D eigenvalue weighted by Gasteiger charge is 2.20. The lowest BCUT2D eigenvalue weighted by atomic mass is 9.98. The second-order valence-corrected chi connectivity index (χ2v) is 6.96. The molecule has 128 valence electrons. The van der Waals surface area contributed by atoms with E-state index in [9.17, 15) is 10.1 Å². The van der Waals surface area contributed by atoms with Crippen LogP contribution in [-0.2, 0) is 9.53 Å². The maximum absolute atomic E-state index is 12.2. The smallest absolute Gasteiger partial charge is 0.349 e. The maximum atomic E-state index is 12.2. The third-order valence-electron chi connectivity index (χ3n) is 4.19. The molecule has 0 saturated heterocycles. The van der Waals surface area contributed by atoms with Crippen molar-refractivity contribution in [3.63, 3.8) is 0 Å². The standard InChI is InChI=1S/C20H18BrNO3/c21-16-6-4-5-14(11-16)19-10-9-18(24-19)12-15(13-22)20(23)25-17-7-2-1-3-8-17/h4-6,9-12,17H,1-3,7-8H2/b15-12+. The molecule has 1 fully saturated rings. The molecule has 0 aliphatic heterocycles. The van der Waals surface area contributed by atoms with E-state index in [2.05, 4.69) is 15.9 Å². The fraction of sp³-hybridized carbons (Fsp3) is 0.300. The van der Waals surface area contributed by atoms with Gasteiger partial charge < -0.3 is 9.15 Å². The Morgan fingerprint density at radius 1 is 1.24 bits per heavy atom. The van der Waals surface area contributed by atoms with Crippen molar-refractivity contribution in [2.24, 2.45) is 0 Å². The molecular weight excluding hydrogens is 382 g/mol. The highest BCUT2D eigenvalue weighted by Crippen LogP contribution is 2.26. The first kappa shape index (κ1) is 17.5. The summed E-state index contributed by atoms with van der Waals surface area (Å²) in [5, 5.41) is 9.28. The number of nitriles is 1. The van der Waals surface area contributed by atoms with E-state index in [1.165, 1.54) is 12.5 Å². The highest BCUT2D eigenvalue weighted by molar-refractivity contribution is 9.10. The molecule has 0 N–H and O–H groups in total. The Hall–Kier alpha value is -2.32. The van der Waals surface area contributed by atoms with Crippen molar-refractivity contribution >= 4 is 28.0 Å². The maximum Gasteiger partial charge on any atom is 0.349 e. The van der Waals surface area contributed by atoms with Gasteiger partial charge in [-0.2, -0.15) is 5.26 Å². The number of benzene rings is 1. The van der Waals surface area contributed by atoms with Gasteiger partial charge in [0.2, 0.25) is 0 Å². The Labute approximate surface area is 155 Å². The van der Waals surface area contributed by atoms with Crippen LogP contribution in [0.2, 0.25) is 0 Å². The first-order valence-electron chi connectivity index (χ1n) is 8.34. The molecule has 0 amide bonds. The van der Waals surface area contributed by atoms with E-state index < -0.39 is 5.97 Å². The first-order valence-corrected chi connectivity index (χ1v) is 9.13. The summed E-state index contributed by atoms with van der Waals surface area (Å²) in [6.45, 7) is 0. The zero-order valence-corrected chi connectivity index (χ0v) is 15.3. The molecule has 1 aliphatic carbocycles. The summed E-state index contributed by atoms with van der Waals surface area (Å²) in [5.41, 5.74) is 0.873. The number of furan rings is 1. The fourth-order valence-electron chi connectivity index (χ4n) is 2.90. The average Bonchev–Trinajstić information content (AvgIpc) is 3.09. The van der Waals surface area contributed by atoms with Crippen LogP contribution in [-0.4, -0.2) is 12.1 Å². The van der Waals surface area contributed by atoms with Crippen molar-refractivity contribution < 1.29 is 13.9 Å². The number of rotatable bonds is 4. The molecule has 0 unspecified atom stereocenters. The zero-order chi connectivity index (χ0) is 17.6. The Bertz CT molecular complexity index is 825. The van der Waals surface area contributed by atoms with Gasteiger partial charge in [0, 0.05) is 16.1 Å². The van der Waals surface area contributed by atoms with Gasteiger partial charge in [0.25, 0.3) is 0 Å². The van der Waals surface area contributed by atoms with Crippen LogP contribution in [0.3, 0.4) is 0 Å². The second kappa shape index (κ2) is 8.17. The normalized spacial score (nSPS) is 15.6. The molecule has 25 heavy (non-hydrogen) atoms. The topological polar surface area (TPSA) is 63.2 Å². The molecule has 0 atom stereocenters. The van der Waals surface area contributed by atoms with Gasteiger partial charge in [-0.25, -0.2) is 4.79 Å². The van der Waals surface area contributed by atoms with Crippen molar-refractivity contribution in [1.29, 1.82) is 5.26 Å². The lowest BCUT2D eigenvalue weighted by Gasteiger charge is -2.21. The van der Waals surface area contributed by atoms with Crippen molar-refractivity contribution in [2.45, 2.75) is 38.2 Å². The Balaban J connectivity index is 1.74. The molecule has 0 bridgehead atoms. The van der Waals surface area contributed by atoms with E-state index in [1.807, 2.05) is 36.4 Å². The minimum Gasteiger partial charge on any atom is -0.458 e. The molecule has 1 heterocycles. The van der Waals surface area contributed by atoms with E-state index in [1.54, 1.807) is 6.07 Å². The van der Waals surface area contributed by atoms with Gasteiger partial charge >= 0.3 is 5.97 Å². The van der Waals surface area contributed by atoms with E-state index in [0.29, 0.717) is 11.5 Å². The summed E-state index contributed by atoms with van der Waals surface area (Å²) < 4.78 is 12.1. The fourth-order valence-corrected chi connectivity index (χ4v) is 3.30. The van der Waals surface area contributed by atoms with E-state index >= 15 is 0 Å². The molecular formula is C20H18BrNO3. The van der Waals surface area contributed by atoms with Gasteiger partial charge in [-0.1, -0.05) is 34.5 Å². The van der Waals surface area contributed by atoms with Crippen molar-refractivity contribution in [3.8, 4) is 17.4 Å². The minimum atomic E-state index is -0.574. The SMILES string of the molecule is N#C/C(=C\c1ccc(-c2cccc(Br)c2)o1)C(=O)OC1CCCCC1. The van der Waals surface area contributed by atoms with Crippen molar-refractivity contribution in [1.82, 2.24) is 0 Å². The van der Waals surface area contributed by atoms with Gasteiger partial charge in [0.1, 0.15) is 29.3 Å². The molecule has 3 rings (SSSR count). The number of carbonyl (C=O) groups is 1. The molecule has 1 saturated carbocycles. The lowest BCUT2D eigenvalue weighted by Crippen LogP contribution is -2.21. The van der Waals surface area contributed by atoms with Crippen LogP contribution in [0.25, 0.3) is 17.4 Å². The number of nitrogens with zero attached hydrogens (tertiary/aromatic N) is 1. The molecule has 0 spiro atoms. The molecule has 1 aliphatic rings. The molecule has 0 radical (unpaired) electrons. The van der Waals surface area contributed by atoms with Crippen LogP contribution >= 0.6 is 15.9 Å². The Morgan fingerprint density at radius 3 is 2.76 bits per heavy atom. The number of hydrogen-bond acceptors (Lipinski definition) is 4. The number of esters is 1. The van der Waals surface area contributed by atoms with Crippen LogP contribution in [0.1, 0.15) is 37.9 Å². The number of hydrogen-bond donors (Lipinski definition) is 0. The number of carbonyl (C=O) groups excluding carboxylic acids is 1. The predicted molar refractivity (Wildman–Crippen MR) is 98.4 cm³/mol. The summed E-state index contributed by atoms with van der Waals surface area (Å²) in [4.78, 5) is 12.2. The summed E-state index contributed by atoms with van der Waals surface area (Å²) in [6.07, 6.45) is 6.42. The zero-order valence-electron chi connectivity index (χ0n) is 13.7. The van der Waals surface area contributed by atoms with Crippen LogP contribution in [0.5, 0.6) is 0 Å². The van der Waals surface area contributed by atoms with Crippen molar-refractivity contribution in [3.05, 3.63) is 52.2 Å². The van der Waals surface area contributed by atoms with Crippen LogP contribution in [0, 0.1) is 11.3 Å². The predicted octanol–water partition coefficient (Wildman–Crippen LogP) is 5.49. The molecule has 4 nitrogen and oxygen atoms in total. The molecule has 1 aromatic carbocycles. The molecule has 5 heteroatoms. The third kappa shape index (κ3) is 4.61. The van der Waals surface area contributed by atoms with Gasteiger partial charge in [-0.3, -0.25) is 0 Å². The van der Waals surface area contributed by atoms with E-state index in [-0.39, 0.29) is 11.7 Å². The van der Waals surface area contributed by atoms with Gasteiger partial charge in [0.05, 0.1) is 0 Å². The van der Waals surface area contributed by atoms with Gasteiger partial charge in [-0.05, 0) is 49.9 Å². The minimum absolute atomic E-state index is 0.0410. The quantitative estimate of drug-likeness (QED) is 0.387. The second-order valence-electron chi connectivity index (χ2n) is 6.05. The summed E-state index contributed by atoms with van der Waals surface area (Å²) in [6, 6.07) is 13.2. The summed E-state index contributed by atoms with van der Waals surface area (Å²) >= 11 is 3.43. The lowest BCUT2D eigenvalue weighted by molar-refractivity contribution is -0.145. The highest BCUT2D eigenvalue weighted by atomic mass is 79.9. The van der Waals surface area contributed by atoms with E-state index in [4.69, 9.17) is 9.15 Å². The van der Waals surface area contributed by atoms with Gasteiger partial charge in [-0.15, -0.1) is 0 Å². The first-order chi connectivity index (χ1) is 12.2. The molecule has 2 aromatic rings. The van der Waals surface area contributed by atoms with Crippen LogP contribution in [0.4, 0.5) is 0 Å². The van der Waals surface area contributed by atoms with Crippen molar-refractivity contribution in [2.75, 3.05) is 0 Å². The third-order valence-corrected chi connectivity index (χ3v) is 4.68. The largest absolute Gasteiger partial charge is 0.458 e. The van der Waals surface area contributed by atoms with Crippen LogP contribution in [0.15, 0.2) is 50.9 Å². The Morgan fingerprint density at radius 2 is 2.04 bits per heavy atom. The summed E-state index contributed by atoms with van der Waals surface area (Å²) in [7, 11) is 0. The molecule has 1 aromatic heterocycles. The van der Waals surface area contributed by atoms with E-state index in [0.717, 1.165) is 35.7 Å². The Kier molecular flexibility index (Phi) is 5.72. The summed E-state index contributed by atoms with van der Waals surface area (Å²) in [5.74, 6) is 0.549. The van der Waals surface area contributed by atoms with Gasteiger partial charge in [0.15, 0.2) is 0 Å². The average molecular weight is 400 g/mol. The number of halogens is 1. The monoisotopic (exact) mass is 399 g/mol. The van der Waals surface area contributed by atoms with Crippen LogP contribution < -0.4 is 0 Å².